The summed E-state index contributed by atoms with van der Waals surface area (Å²) in [4.78, 5) is 4.64. The summed E-state index contributed by atoms with van der Waals surface area (Å²) in [5, 5.41) is 7.63. The maximum absolute atomic E-state index is 4.64. The predicted octanol–water partition coefficient (Wildman–Crippen LogP) is 7.30. The Morgan fingerprint density at radius 1 is 0.690 bits per heavy atom. The smallest absolute Gasteiger partial charge is 0.0163 e. The third-order valence-corrected chi connectivity index (χ3v) is 5.58. The van der Waals surface area contributed by atoms with Gasteiger partial charge >= 0.3 is 0 Å². The van der Waals surface area contributed by atoms with Gasteiger partial charge in [-0.3, -0.25) is 0 Å². The molecule has 0 aliphatic heterocycles. The fourth-order valence-electron chi connectivity index (χ4n) is 4.04. The van der Waals surface area contributed by atoms with E-state index in [4.69, 9.17) is 0 Å². The molecule has 0 bridgehead atoms. The van der Waals surface area contributed by atoms with Crippen LogP contribution in [0.4, 0.5) is 0 Å². The van der Waals surface area contributed by atoms with Gasteiger partial charge < -0.3 is 4.98 Å². The van der Waals surface area contributed by atoms with Gasteiger partial charge in [0.05, 0.1) is 0 Å². The van der Waals surface area contributed by atoms with Crippen LogP contribution in [0.3, 0.4) is 0 Å². The maximum Gasteiger partial charge on any atom is 0.0163 e. The van der Waals surface area contributed by atoms with E-state index >= 15 is 0 Å². The second-order valence-corrected chi connectivity index (χ2v) is 8.44. The Labute approximate surface area is 185 Å². The van der Waals surface area contributed by atoms with Crippen molar-refractivity contribution in [3.63, 3.8) is 0 Å². The molecular formula is C27H22IrN-. The van der Waals surface area contributed by atoms with Crippen LogP contribution in [-0.2, 0) is 25.5 Å². The first-order valence-corrected chi connectivity index (χ1v) is 9.74. The summed E-state index contributed by atoms with van der Waals surface area (Å²) in [6.07, 6.45) is 1.91. The zero-order valence-corrected chi connectivity index (χ0v) is 19.2. The summed E-state index contributed by atoms with van der Waals surface area (Å²) in [6, 6.07) is 29.5. The Morgan fingerprint density at radius 2 is 1.24 bits per heavy atom. The molecule has 1 heterocycles. The van der Waals surface area contributed by atoms with Crippen LogP contribution in [0, 0.1) is 6.07 Å². The average Bonchev–Trinajstić information content (AvgIpc) is 2.73. The number of pyridine rings is 1. The minimum absolute atomic E-state index is 0. The molecule has 0 saturated carbocycles. The van der Waals surface area contributed by atoms with Crippen LogP contribution in [0.2, 0.25) is 0 Å². The molecule has 0 saturated heterocycles. The summed E-state index contributed by atoms with van der Waals surface area (Å²) in [5.41, 5.74) is 3.40. The van der Waals surface area contributed by atoms with Crippen molar-refractivity contribution in [2.45, 2.75) is 26.2 Å². The molecule has 1 nitrogen and oxygen atoms in total. The quantitative estimate of drug-likeness (QED) is 0.157. The zero-order chi connectivity index (χ0) is 19.3. The van der Waals surface area contributed by atoms with Gasteiger partial charge in [0, 0.05) is 26.3 Å². The fraction of sp³-hybridized carbons (Fsp3) is 0.148. The van der Waals surface area contributed by atoms with Gasteiger partial charge in [-0.05, 0) is 38.9 Å². The Bertz CT molecular complexity index is 1310. The van der Waals surface area contributed by atoms with Crippen LogP contribution < -0.4 is 0 Å². The third-order valence-electron chi connectivity index (χ3n) is 5.58. The molecule has 4 aromatic carbocycles. The van der Waals surface area contributed by atoms with Crippen molar-refractivity contribution in [3.05, 3.63) is 90.6 Å². The first-order valence-electron chi connectivity index (χ1n) is 9.74. The minimum atomic E-state index is 0. The van der Waals surface area contributed by atoms with Crippen LogP contribution in [0.1, 0.15) is 26.3 Å². The Hall–Kier alpha value is -2.54. The maximum atomic E-state index is 4.64. The van der Waals surface area contributed by atoms with Crippen LogP contribution in [0.15, 0.2) is 79.0 Å². The van der Waals surface area contributed by atoms with Crippen molar-refractivity contribution in [2.75, 3.05) is 0 Å². The first kappa shape index (κ1) is 19.8. The van der Waals surface area contributed by atoms with Gasteiger partial charge in [-0.2, -0.15) is 0 Å². The Balaban J connectivity index is 0.00000205. The van der Waals surface area contributed by atoms with Crippen molar-refractivity contribution in [3.8, 4) is 11.3 Å². The van der Waals surface area contributed by atoms with Gasteiger partial charge in [0.25, 0.3) is 0 Å². The monoisotopic (exact) mass is 553 g/mol. The van der Waals surface area contributed by atoms with E-state index in [1.807, 2.05) is 6.20 Å². The number of nitrogens with zero attached hydrogens (tertiary/aromatic N) is 1. The Kier molecular flexibility index (Phi) is 5.02. The van der Waals surface area contributed by atoms with E-state index in [9.17, 15) is 0 Å². The van der Waals surface area contributed by atoms with Crippen LogP contribution in [0.5, 0.6) is 0 Å². The van der Waals surface area contributed by atoms with Crippen LogP contribution in [0.25, 0.3) is 43.6 Å². The summed E-state index contributed by atoms with van der Waals surface area (Å²) in [7, 11) is 0. The first-order chi connectivity index (χ1) is 13.5. The molecule has 0 aliphatic rings. The van der Waals surface area contributed by atoms with E-state index in [2.05, 4.69) is 105 Å². The normalized spacial score (nSPS) is 11.7. The molecule has 29 heavy (non-hydrogen) atoms. The molecule has 0 atom stereocenters. The standard InChI is InChI=1S/C27H22N.Ir/c1-27(2,3)19-14-15-28-26(17-19)18-12-13-24-22-10-5-4-8-20(22)21-9-6-7-11-23(21)25(24)16-18;/h4-11,13-17H,1-3H3;/q-1;. The number of hydrogen-bond acceptors (Lipinski definition) is 1. The molecule has 0 N–H and O–H groups in total. The zero-order valence-electron chi connectivity index (χ0n) is 16.8. The summed E-state index contributed by atoms with van der Waals surface area (Å²) < 4.78 is 0. The number of benzene rings is 4. The number of aromatic nitrogens is 1. The molecule has 145 valence electrons. The summed E-state index contributed by atoms with van der Waals surface area (Å²) in [6.45, 7) is 6.70. The van der Waals surface area contributed by atoms with Crippen LogP contribution >= 0.6 is 0 Å². The number of hydrogen-bond donors (Lipinski definition) is 0. The summed E-state index contributed by atoms with van der Waals surface area (Å²) >= 11 is 0. The third kappa shape index (κ3) is 3.37. The van der Waals surface area contributed by atoms with Gasteiger partial charge in [-0.15, -0.1) is 23.8 Å². The largest absolute Gasteiger partial charge is 0.305 e. The number of rotatable bonds is 1. The van der Waals surface area contributed by atoms with Gasteiger partial charge in [-0.1, -0.05) is 91.5 Å². The van der Waals surface area contributed by atoms with Crippen LogP contribution in [-0.4, -0.2) is 4.98 Å². The molecule has 2 heteroatoms. The fourth-order valence-corrected chi connectivity index (χ4v) is 4.04. The average molecular weight is 553 g/mol. The molecule has 0 fully saturated rings. The SMILES string of the molecule is CC(C)(C)c1ccnc(-c2[c-]cc3c4ccccc4c4ccccc4c3c2)c1.[Ir]. The second-order valence-electron chi connectivity index (χ2n) is 8.44. The second kappa shape index (κ2) is 7.37. The van der Waals surface area contributed by atoms with Crippen molar-refractivity contribution in [2.24, 2.45) is 0 Å². The van der Waals surface area contributed by atoms with Crippen molar-refractivity contribution in [1.29, 1.82) is 0 Å². The molecule has 1 radical (unpaired) electrons. The van der Waals surface area contributed by atoms with Gasteiger partial charge in [-0.25, -0.2) is 0 Å². The van der Waals surface area contributed by atoms with Gasteiger partial charge in [0.15, 0.2) is 0 Å². The molecule has 5 aromatic rings. The molecule has 0 amide bonds. The Morgan fingerprint density at radius 3 is 1.83 bits per heavy atom. The topological polar surface area (TPSA) is 12.9 Å². The summed E-state index contributed by atoms with van der Waals surface area (Å²) in [5.74, 6) is 0. The van der Waals surface area contributed by atoms with E-state index < -0.39 is 0 Å². The van der Waals surface area contributed by atoms with Crippen molar-refractivity contribution >= 4 is 32.3 Å². The van der Waals surface area contributed by atoms with Crippen molar-refractivity contribution in [1.82, 2.24) is 4.98 Å². The predicted molar refractivity (Wildman–Crippen MR) is 120 cm³/mol. The van der Waals surface area contributed by atoms with E-state index in [1.54, 1.807) is 0 Å². The molecule has 0 aliphatic carbocycles. The van der Waals surface area contributed by atoms with E-state index in [0.717, 1.165) is 11.3 Å². The molecular weight excluding hydrogens is 531 g/mol. The van der Waals surface area contributed by atoms with Crippen molar-refractivity contribution < 1.29 is 20.1 Å². The van der Waals surface area contributed by atoms with E-state index in [1.165, 1.54) is 37.9 Å². The molecule has 1 aromatic heterocycles. The van der Waals surface area contributed by atoms with Gasteiger partial charge in [0.1, 0.15) is 0 Å². The van der Waals surface area contributed by atoms with E-state index in [-0.39, 0.29) is 25.5 Å². The van der Waals surface area contributed by atoms with Gasteiger partial charge in [0.2, 0.25) is 0 Å². The molecule has 0 spiro atoms. The van der Waals surface area contributed by atoms with E-state index in [0.29, 0.717) is 0 Å². The number of fused-ring (bicyclic) bond motifs is 6. The minimum Gasteiger partial charge on any atom is -0.305 e. The molecule has 5 rings (SSSR count). The molecule has 0 unspecified atom stereocenters.